The Hall–Kier alpha value is -2.68. The highest BCUT2D eigenvalue weighted by atomic mass is 28.4. The molecule has 0 saturated carbocycles. The molecule has 1 aliphatic heterocycles. The van der Waals surface area contributed by atoms with Crippen LogP contribution in [0.3, 0.4) is 0 Å². The molecule has 1 aromatic rings. The molecule has 8 heteroatoms. The number of rotatable bonds is 7. The first-order valence-corrected chi connectivity index (χ1v) is 12.5. The van der Waals surface area contributed by atoms with Crippen molar-refractivity contribution in [2.24, 2.45) is 5.10 Å². The Morgan fingerprint density at radius 3 is 2.24 bits per heavy atom. The van der Waals surface area contributed by atoms with Crippen LogP contribution in [0, 0.1) is 13.1 Å². The molecule has 0 fully saturated rings. The number of hydrogen-bond donors (Lipinski definition) is 0. The van der Waals surface area contributed by atoms with Crippen LogP contribution in [-0.4, -0.2) is 44.2 Å². The third-order valence-corrected chi connectivity index (χ3v) is 9.89. The van der Waals surface area contributed by atoms with E-state index in [1.54, 1.807) is 0 Å². The Morgan fingerprint density at radius 1 is 1.17 bits per heavy atom. The van der Waals surface area contributed by atoms with Crippen LogP contribution in [0.5, 0.6) is 5.75 Å². The van der Waals surface area contributed by atoms with Gasteiger partial charge in [-0.05, 0) is 36.7 Å². The third kappa shape index (κ3) is 5.23. The second-order valence-corrected chi connectivity index (χ2v) is 13.2. The summed E-state index contributed by atoms with van der Waals surface area (Å²) in [6.45, 7) is 27.9. The summed E-state index contributed by atoms with van der Waals surface area (Å²) >= 11 is 0. The maximum Gasteiger partial charge on any atom is 0.289 e. The van der Waals surface area contributed by atoms with Crippen molar-refractivity contribution >= 4 is 31.3 Å². The summed E-state index contributed by atoms with van der Waals surface area (Å²) in [6.07, 6.45) is -0.277. The maximum atomic E-state index is 12.9. The quantitative estimate of drug-likeness (QED) is 0.459. The molecule has 0 N–H and O–H groups in total. The molecule has 1 amide bonds. The first kappa shape index (κ1) is 22.6. The number of ether oxygens (including phenoxy) is 1. The van der Waals surface area contributed by atoms with Crippen molar-refractivity contribution in [3.05, 3.63) is 41.0 Å². The first-order chi connectivity index (χ1) is 13.5. The van der Waals surface area contributed by atoms with Gasteiger partial charge in [0, 0.05) is 0 Å². The van der Waals surface area contributed by atoms with Crippen molar-refractivity contribution in [3.8, 4) is 5.75 Å². The second-order valence-electron chi connectivity index (χ2n) is 8.42. The Labute approximate surface area is 174 Å². The van der Waals surface area contributed by atoms with Gasteiger partial charge in [-0.25, -0.2) is 14.7 Å². The Kier molecular flexibility index (Phi) is 6.84. The van der Waals surface area contributed by atoms with E-state index in [2.05, 4.69) is 48.7 Å². The minimum absolute atomic E-state index is 0.0973. The second kappa shape index (κ2) is 8.77. The van der Waals surface area contributed by atoms with Gasteiger partial charge in [0.2, 0.25) is 6.10 Å². The zero-order valence-corrected chi connectivity index (χ0v) is 18.9. The molecule has 1 unspecified atom stereocenters. The lowest BCUT2D eigenvalue weighted by Gasteiger charge is -2.36. The molecule has 1 aliphatic rings. The molecule has 0 spiro atoms. The van der Waals surface area contributed by atoms with Crippen molar-refractivity contribution in [2.45, 2.75) is 58.4 Å². The Bertz CT molecular complexity index is 858. The lowest BCUT2D eigenvalue weighted by atomic mass is 10.1. The van der Waals surface area contributed by atoms with E-state index < -0.39 is 14.4 Å². The normalized spacial score (nSPS) is 17.0. The smallest absolute Gasteiger partial charge is 0.289 e. The summed E-state index contributed by atoms with van der Waals surface area (Å²) < 4.78 is 12.0. The number of amides is 1. The SMILES string of the molecule is [C-]#[N+]c1cc([N+]#[C-])cc(OC2C(=O)N(CCO[Si](C)(C)C(C)(C)C)N=C2CC)c1. The van der Waals surface area contributed by atoms with Crippen molar-refractivity contribution in [2.75, 3.05) is 13.2 Å². The van der Waals surface area contributed by atoms with Crippen LogP contribution >= 0.6 is 0 Å². The van der Waals surface area contributed by atoms with Gasteiger partial charge in [-0.2, -0.15) is 5.10 Å². The van der Waals surface area contributed by atoms with E-state index in [-0.39, 0.29) is 10.9 Å². The zero-order chi connectivity index (χ0) is 21.8. The molecule has 0 bridgehead atoms. The van der Waals surface area contributed by atoms with E-state index in [1.165, 1.54) is 23.2 Å². The van der Waals surface area contributed by atoms with Crippen LogP contribution in [0.2, 0.25) is 18.1 Å². The predicted octanol–water partition coefficient (Wildman–Crippen LogP) is 5.17. The summed E-state index contributed by atoms with van der Waals surface area (Å²) in [6, 6.07) is 4.56. The van der Waals surface area contributed by atoms with Gasteiger partial charge in [0.1, 0.15) is 0 Å². The van der Waals surface area contributed by atoms with Crippen molar-refractivity contribution < 1.29 is 14.0 Å². The van der Waals surface area contributed by atoms with Crippen molar-refractivity contribution in [1.29, 1.82) is 0 Å². The van der Waals surface area contributed by atoms with Gasteiger partial charge in [0.05, 0.1) is 37.8 Å². The van der Waals surface area contributed by atoms with Gasteiger partial charge in [0.25, 0.3) is 5.91 Å². The molecular weight excluding hydrogens is 384 g/mol. The lowest BCUT2D eigenvalue weighted by Crippen LogP contribution is -2.43. The van der Waals surface area contributed by atoms with E-state index in [0.717, 1.165) is 0 Å². The van der Waals surface area contributed by atoms with E-state index in [0.29, 0.717) is 42.4 Å². The van der Waals surface area contributed by atoms with Crippen LogP contribution in [0.4, 0.5) is 11.4 Å². The number of carbonyl (C=O) groups is 1. The Balaban J connectivity index is 2.09. The van der Waals surface area contributed by atoms with Gasteiger partial charge in [-0.15, -0.1) is 0 Å². The largest absolute Gasteiger partial charge is 0.477 e. The number of hydrazone groups is 1. The monoisotopic (exact) mass is 412 g/mol. The minimum atomic E-state index is -1.90. The fraction of sp³-hybridized carbons (Fsp3) is 0.524. The molecular formula is C21H28N4O3Si. The first-order valence-electron chi connectivity index (χ1n) is 9.61. The highest BCUT2D eigenvalue weighted by Crippen LogP contribution is 2.36. The maximum absolute atomic E-state index is 12.9. The van der Waals surface area contributed by atoms with Crippen LogP contribution in [0.1, 0.15) is 34.1 Å². The fourth-order valence-corrected chi connectivity index (χ4v) is 3.61. The molecule has 7 nitrogen and oxygen atoms in total. The number of benzene rings is 1. The van der Waals surface area contributed by atoms with Gasteiger partial charge in [-0.1, -0.05) is 33.8 Å². The fourth-order valence-electron chi connectivity index (χ4n) is 2.57. The standard InChI is InChI=1S/C21H28N4O3Si/c1-9-18-19(28-17-13-15(22-5)12-16(14-17)23-6)20(26)25(24-18)10-11-27-29(7,8)21(2,3)4/h12-14,19H,9-11H2,1-4,7-8H3. The highest BCUT2D eigenvalue weighted by Gasteiger charge is 2.39. The molecule has 1 aromatic carbocycles. The van der Waals surface area contributed by atoms with Crippen molar-refractivity contribution in [1.82, 2.24) is 5.01 Å². The summed E-state index contributed by atoms with van der Waals surface area (Å²) in [5.41, 5.74) is 1.22. The molecule has 0 aromatic heterocycles. The third-order valence-electron chi connectivity index (χ3n) is 5.35. The van der Waals surface area contributed by atoms with Gasteiger partial charge >= 0.3 is 0 Å². The average molecular weight is 413 g/mol. The van der Waals surface area contributed by atoms with Crippen LogP contribution in [-0.2, 0) is 9.22 Å². The predicted molar refractivity (Wildman–Crippen MR) is 116 cm³/mol. The molecule has 2 rings (SSSR count). The van der Waals surface area contributed by atoms with Gasteiger partial charge in [0.15, 0.2) is 19.7 Å². The van der Waals surface area contributed by atoms with Gasteiger partial charge in [-0.3, -0.25) is 4.79 Å². The molecule has 0 aliphatic carbocycles. The van der Waals surface area contributed by atoms with Crippen LogP contribution in [0.25, 0.3) is 9.69 Å². The van der Waals surface area contributed by atoms with E-state index in [1.807, 2.05) is 6.92 Å². The highest BCUT2D eigenvalue weighted by molar-refractivity contribution is 6.74. The molecule has 0 radical (unpaired) electrons. The molecule has 1 atom stereocenters. The summed E-state index contributed by atoms with van der Waals surface area (Å²) in [7, 11) is -1.90. The van der Waals surface area contributed by atoms with E-state index in [4.69, 9.17) is 22.3 Å². The molecule has 154 valence electrons. The molecule has 29 heavy (non-hydrogen) atoms. The minimum Gasteiger partial charge on any atom is -0.477 e. The number of nitrogens with zero attached hydrogens (tertiary/aromatic N) is 4. The molecule has 1 heterocycles. The van der Waals surface area contributed by atoms with Gasteiger partial charge < -0.3 is 9.16 Å². The summed E-state index contributed by atoms with van der Waals surface area (Å²) in [5.74, 6) is 0.0710. The van der Waals surface area contributed by atoms with E-state index >= 15 is 0 Å². The average Bonchev–Trinajstić information content (AvgIpc) is 2.95. The van der Waals surface area contributed by atoms with Crippen LogP contribution in [0.15, 0.2) is 23.3 Å². The van der Waals surface area contributed by atoms with E-state index in [9.17, 15) is 4.79 Å². The lowest BCUT2D eigenvalue weighted by molar-refractivity contribution is -0.134. The number of hydrogen-bond acceptors (Lipinski definition) is 4. The van der Waals surface area contributed by atoms with Crippen molar-refractivity contribution in [3.63, 3.8) is 0 Å². The summed E-state index contributed by atoms with van der Waals surface area (Å²) in [5, 5.41) is 5.93. The summed E-state index contributed by atoms with van der Waals surface area (Å²) in [4.78, 5) is 19.6. The zero-order valence-electron chi connectivity index (χ0n) is 17.9. The Morgan fingerprint density at radius 2 is 1.76 bits per heavy atom. The molecule has 0 saturated heterocycles. The number of carbonyl (C=O) groups excluding carboxylic acids is 1. The van der Waals surface area contributed by atoms with Crippen LogP contribution < -0.4 is 4.74 Å². The topological polar surface area (TPSA) is 59.9 Å².